The summed E-state index contributed by atoms with van der Waals surface area (Å²) in [7, 11) is -2.87. The lowest BCUT2D eigenvalue weighted by Crippen LogP contribution is -2.50. The summed E-state index contributed by atoms with van der Waals surface area (Å²) in [5, 5.41) is 12.4. The Bertz CT molecular complexity index is 1970. The van der Waals surface area contributed by atoms with Crippen LogP contribution >= 0.6 is 22.9 Å². The van der Waals surface area contributed by atoms with Crippen LogP contribution in [0.1, 0.15) is 4.88 Å². The van der Waals surface area contributed by atoms with Crippen LogP contribution in [0.4, 0.5) is 10.1 Å². The van der Waals surface area contributed by atoms with Gasteiger partial charge in [-0.15, -0.1) is 11.3 Å². The molecule has 6 rings (SSSR count). The van der Waals surface area contributed by atoms with Gasteiger partial charge < -0.3 is 9.64 Å². The van der Waals surface area contributed by atoms with Crippen molar-refractivity contribution in [1.82, 2.24) is 3.97 Å². The molecule has 1 saturated heterocycles. The Labute approximate surface area is 244 Å². The largest absolute Gasteiger partial charge is 0.469 e. The number of rotatable bonds is 6. The first-order chi connectivity index (χ1) is 19.7. The van der Waals surface area contributed by atoms with E-state index in [0.717, 1.165) is 5.69 Å². The van der Waals surface area contributed by atoms with E-state index in [9.17, 15) is 22.9 Å². The first-order valence-corrected chi connectivity index (χ1v) is 15.2. The van der Waals surface area contributed by atoms with Crippen molar-refractivity contribution < 1.29 is 22.3 Å². The van der Waals surface area contributed by atoms with E-state index in [1.807, 2.05) is 17.0 Å². The van der Waals surface area contributed by atoms with Crippen LogP contribution in [0.2, 0.25) is 5.02 Å². The summed E-state index contributed by atoms with van der Waals surface area (Å²) >= 11 is 7.27. The van der Waals surface area contributed by atoms with E-state index in [1.165, 1.54) is 64.9 Å². The zero-order valence-corrected chi connectivity index (χ0v) is 23.9. The number of benzene rings is 3. The molecule has 0 atom stereocenters. The van der Waals surface area contributed by atoms with Gasteiger partial charge in [0.25, 0.3) is 10.0 Å². The highest BCUT2D eigenvalue weighted by Gasteiger charge is 2.35. The SMILES string of the molecule is COC(=O)C1CN(c2cccc(-c3c(-c4ccsc4C#N)c4cc(F)ccc4n3S(=O)(=O)c3ccc(Cl)cc3)c2)C1. The average Bonchev–Trinajstić information content (AvgIpc) is 3.54. The molecule has 206 valence electrons. The third-order valence-electron chi connectivity index (χ3n) is 7.18. The molecule has 11 heteroatoms. The van der Waals surface area contributed by atoms with Gasteiger partial charge in [0.15, 0.2) is 0 Å². The highest BCUT2D eigenvalue weighted by Crippen LogP contribution is 2.46. The van der Waals surface area contributed by atoms with Crippen LogP contribution in [-0.2, 0) is 19.6 Å². The fraction of sp³-hybridized carbons (Fsp3) is 0.133. The molecule has 2 aromatic heterocycles. The van der Waals surface area contributed by atoms with Crippen LogP contribution in [0.5, 0.6) is 0 Å². The van der Waals surface area contributed by atoms with Gasteiger partial charge in [-0.25, -0.2) is 16.8 Å². The molecule has 0 amide bonds. The molecule has 5 aromatic rings. The Balaban J connectivity index is 1.64. The van der Waals surface area contributed by atoms with Crippen molar-refractivity contribution in [3.63, 3.8) is 0 Å². The fourth-order valence-corrected chi connectivity index (χ4v) is 7.54. The minimum Gasteiger partial charge on any atom is -0.469 e. The number of halogens is 2. The maximum absolute atomic E-state index is 14.7. The predicted octanol–water partition coefficient (Wildman–Crippen LogP) is 6.55. The van der Waals surface area contributed by atoms with Crippen molar-refractivity contribution in [2.24, 2.45) is 5.92 Å². The van der Waals surface area contributed by atoms with Crippen LogP contribution in [0.25, 0.3) is 33.3 Å². The van der Waals surface area contributed by atoms with Gasteiger partial charge in [-0.05, 0) is 66.0 Å². The van der Waals surface area contributed by atoms with Crippen LogP contribution < -0.4 is 4.90 Å². The molecule has 1 aliphatic rings. The highest BCUT2D eigenvalue weighted by atomic mass is 35.5. The van der Waals surface area contributed by atoms with E-state index in [4.69, 9.17) is 16.3 Å². The number of esters is 1. The van der Waals surface area contributed by atoms with Gasteiger partial charge in [0, 0.05) is 45.9 Å². The van der Waals surface area contributed by atoms with Crippen molar-refractivity contribution in [2.45, 2.75) is 4.90 Å². The fourth-order valence-electron chi connectivity index (χ4n) is 5.18. The lowest BCUT2D eigenvalue weighted by Gasteiger charge is -2.39. The summed E-state index contributed by atoms with van der Waals surface area (Å²) in [5.74, 6) is -1.07. The number of nitriles is 1. The molecular weight excluding hydrogens is 585 g/mol. The third-order valence-corrected chi connectivity index (χ3v) is 9.97. The van der Waals surface area contributed by atoms with E-state index in [2.05, 4.69) is 6.07 Å². The predicted molar refractivity (Wildman–Crippen MR) is 157 cm³/mol. The highest BCUT2D eigenvalue weighted by molar-refractivity contribution is 7.90. The van der Waals surface area contributed by atoms with Crippen molar-refractivity contribution in [2.75, 3.05) is 25.1 Å². The number of carbonyl (C=O) groups is 1. The molecule has 1 aliphatic heterocycles. The zero-order chi connectivity index (χ0) is 28.9. The Morgan fingerprint density at radius 1 is 1.10 bits per heavy atom. The van der Waals surface area contributed by atoms with Gasteiger partial charge in [0.1, 0.15) is 16.8 Å². The van der Waals surface area contributed by atoms with Crippen LogP contribution in [0, 0.1) is 23.1 Å². The van der Waals surface area contributed by atoms with Crippen LogP contribution in [0.3, 0.4) is 0 Å². The minimum atomic E-state index is -4.23. The summed E-state index contributed by atoms with van der Waals surface area (Å²) in [6.07, 6.45) is 0. The smallest absolute Gasteiger partial charge is 0.312 e. The zero-order valence-electron chi connectivity index (χ0n) is 21.5. The Kier molecular flexibility index (Phi) is 6.82. The van der Waals surface area contributed by atoms with Crippen molar-refractivity contribution in [3.05, 3.63) is 93.9 Å². The summed E-state index contributed by atoms with van der Waals surface area (Å²) < 4.78 is 49.4. The Hall–Kier alpha value is -4.17. The summed E-state index contributed by atoms with van der Waals surface area (Å²) in [4.78, 5) is 14.3. The topological polar surface area (TPSA) is 92.4 Å². The van der Waals surface area contributed by atoms with E-state index < -0.39 is 15.8 Å². The molecule has 0 saturated carbocycles. The maximum Gasteiger partial charge on any atom is 0.312 e. The lowest BCUT2D eigenvalue weighted by atomic mass is 9.96. The number of fused-ring (bicyclic) bond motifs is 1. The lowest BCUT2D eigenvalue weighted by molar-refractivity contribution is -0.146. The molecule has 1 fully saturated rings. The number of anilines is 1. The third kappa shape index (κ3) is 4.56. The molecule has 3 heterocycles. The first-order valence-electron chi connectivity index (χ1n) is 12.5. The molecule has 0 N–H and O–H groups in total. The quantitative estimate of drug-likeness (QED) is 0.204. The van der Waals surface area contributed by atoms with Crippen molar-refractivity contribution in [3.8, 4) is 28.5 Å². The Morgan fingerprint density at radius 3 is 2.56 bits per heavy atom. The summed E-state index contributed by atoms with van der Waals surface area (Å²) in [6, 6.07) is 21.0. The number of aromatic nitrogens is 1. The van der Waals surface area contributed by atoms with Crippen molar-refractivity contribution >= 4 is 55.5 Å². The second-order valence-electron chi connectivity index (χ2n) is 9.56. The van der Waals surface area contributed by atoms with E-state index in [-0.39, 0.29) is 22.3 Å². The maximum atomic E-state index is 14.7. The van der Waals surface area contributed by atoms with Crippen LogP contribution in [0.15, 0.2) is 83.1 Å². The van der Waals surface area contributed by atoms with Crippen LogP contribution in [-0.4, -0.2) is 38.6 Å². The minimum absolute atomic E-state index is 0.00145. The standard InChI is InChI=1S/C30H21ClFN3O4S2/c1-39-30(36)19-16-34(17-19)22-4-2-3-18(13-22)29-28(24-11-12-40-27(24)15-33)25-14-21(32)7-10-26(25)35(29)41(37,38)23-8-5-20(31)6-9-23/h2-14,19H,16-17H2,1H3. The van der Waals surface area contributed by atoms with Gasteiger partial charge in [-0.3, -0.25) is 4.79 Å². The average molecular weight is 606 g/mol. The number of hydrogen-bond donors (Lipinski definition) is 0. The number of nitrogens with zero attached hydrogens (tertiary/aromatic N) is 3. The second kappa shape index (κ2) is 10.3. The summed E-state index contributed by atoms with van der Waals surface area (Å²) in [6.45, 7) is 0.923. The second-order valence-corrected chi connectivity index (χ2v) is 12.7. The number of ether oxygens (including phenoxy) is 1. The molecule has 0 bridgehead atoms. The van der Waals surface area contributed by atoms with Gasteiger partial charge in [-0.1, -0.05) is 23.7 Å². The van der Waals surface area contributed by atoms with Gasteiger partial charge in [-0.2, -0.15) is 5.26 Å². The number of methoxy groups -OCH3 is 1. The van der Waals surface area contributed by atoms with E-state index in [1.54, 1.807) is 23.6 Å². The first kappa shape index (κ1) is 27.0. The summed E-state index contributed by atoms with van der Waals surface area (Å²) in [5.41, 5.74) is 2.83. The Morgan fingerprint density at radius 2 is 1.85 bits per heavy atom. The molecule has 3 aromatic carbocycles. The van der Waals surface area contributed by atoms with Gasteiger partial charge >= 0.3 is 5.97 Å². The molecule has 0 spiro atoms. The number of carbonyl (C=O) groups excluding carboxylic acids is 1. The van der Waals surface area contributed by atoms with Gasteiger partial charge in [0.05, 0.1) is 29.1 Å². The normalized spacial score (nSPS) is 13.7. The van der Waals surface area contributed by atoms with Crippen molar-refractivity contribution in [1.29, 1.82) is 5.26 Å². The number of thiophene rings is 1. The van der Waals surface area contributed by atoms with E-state index >= 15 is 0 Å². The van der Waals surface area contributed by atoms with E-state index in [0.29, 0.717) is 50.8 Å². The molecule has 0 aliphatic carbocycles. The molecule has 0 radical (unpaired) electrons. The molecule has 0 unspecified atom stereocenters. The molecule has 7 nitrogen and oxygen atoms in total. The molecule has 41 heavy (non-hydrogen) atoms. The monoisotopic (exact) mass is 605 g/mol. The van der Waals surface area contributed by atoms with Gasteiger partial charge in [0.2, 0.25) is 0 Å². The number of hydrogen-bond acceptors (Lipinski definition) is 7. The molecular formula is C30H21ClFN3O4S2.